The van der Waals surface area contributed by atoms with Crippen molar-refractivity contribution in [3.05, 3.63) is 66.1 Å². The number of ether oxygens (including phenoxy) is 1. The van der Waals surface area contributed by atoms with Crippen molar-refractivity contribution in [3.8, 4) is 22.6 Å². The third-order valence-corrected chi connectivity index (χ3v) is 4.59. The Kier molecular flexibility index (Phi) is 4.59. The Hall–Kier alpha value is -1.66. The molecule has 1 heterocycles. The molecule has 0 saturated carbocycles. The van der Waals surface area contributed by atoms with Crippen LogP contribution >= 0.6 is 22.6 Å². The molecule has 112 valence electrons. The minimum atomic E-state index is -0.0984. The predicted molar refractivity (Wildman–Crippen MR) is 95.9 cm³/mol. The summed E-state index contributed by atoms with van der Waals surface area (Å²) >= 11 is 2.20. The molecule has 3 aromatic rings. The van der Waals surface area contributed by atoms with Gasteiger partial charge in [-0.05, 0) is 52.8 Å². The summed E-state index contributed by atoms with van der Waals surface area (Å²) in [6, 6.07) is 18.5. The highest BCUT2D eigenvalue weighted by molar-refractivity contribution is 14.1. The number of oxazole rings is 1. The van der Waals surface area contributed by atoms with Gasteiger partial charge in [0.15, 0.2) is 4.11 Å². The molecule has 0 amide bonds. The summed E-state index contributed by atoms with van der Waals surface area (Å²) in [5.74, 6) is 1.43. The molecule has 3 nitrogen and oxygen atoms in total. The minimum absolute atomic E-state index is 0.0984. The Morgan fingerprint density at radius 3 is 2.18 bits per heavy atom. The Morgan fingerprint density at radius 2 is 1.55 bits per heavy atom. The van der Waals surface area contributed by atoms with Gasteiger partial charge in [0.05, 0.1) is 0 Å². The second-order valence-electron chi connectivity index (χ2n) is 4.96. The zero-order chi connectivity index (χ0) is 15.5. The summed E-state index contributed by atoms with van der Waals surface area (Å²) in [5.41, 5.74) is 4.18. The molecule has 2 aromatic carbocycles. The number of benzene rings is 2. The maximum Gasteiger partial charge on any atom is 0.226 e. The van der Waals surface area contributed by atoms with Crippen LogP contribution in [0.1, 0.15) is 15.6 Å². The van der Waals surface area contributed by atoms with E-state index in [2.05, 4.69) is 51.8 Å². The standard InChI is InChI=1S/C18H16INO2/c1-12-16(17(19)21-2)20-18(22-12)15-10-8-14(9-11-15)13-6-4-3-5-7-13/h3-11,17H,1-2H3. The van der Waals surface area contributed by atoms with Gasteiger partial charge in [-0.2, -0.15) is 0 Å². The molecule has 1 aromatic heterocycles. The normalized spacial score (nSPS) is 12.3. The van der Waals surface area contributed by atoms with Crippen molar-refractivity contribution in [2.45, 2.75) is 11.0 Å². The molecule has 0 saturated heterocycles. The highest BCUT2D eigenvalue weighted by atomic mass is 127. The molecule has 0 fully saturated rings. The van der Waals surface area contributed by atoms with E-state index in [0.717, 1.165) is 17.0 Å². The predicted octanol–water partition coefficient (Wildman–Crippen LogP) is 5.40. The van der Waals surface area contributed by atoms with Crippen molar-refractivity contribution in [1.29, 1.82) is 0 Å². The van der Waals surface area contributed by atoms with Crippen molar-refractivity contribution in [1.82, 2.24) is 4.98 Å². The van der Waals surface area contributed by atoms with Crippen molar-refractivity contribution < 1.29 is 9.15 Å². The van der Waals surface area contributed by atoms with E-state index >= 15 is 0 Å². The molecule has 0 aliphatic heterocycles. The number of hydrogen-bond donors (Lipinski definition) is 0. The van der Waals surface area contributed by atoms with Gasteiger partial charge in [-0.25, -0.2) is 4.98 Å². The zero-order valence-corrected chi connectivity index (χ0v) is 14.6. The van der Waals surface area contributed by atoms with Gasteiger partial charge in [0, 0.05) is 12.7 Å². The number of aryl methyl sites for hydroxylation is 1. The molecule has 3 rings (SSSR count). The van der Waals surface area contributed by atoms with E-state index in [4.69, 9.17) is 9.15 Å². The molecule has 0 N–H and O–H groups in total. The van der Waals surface area contributed by atoms with Gasteiger partial charge in [-0.3, -0.25) is 0 Å². The van der Waals surface area contributed by atoms with Gasteiger partial charge in [0.2, 0.25) is 5.89 Å². The number of aromatic nitrogens is 1. The molecular formula is C18H16INO2. The second-order valence-corrected chi connectivity index (χ2v) is 6.09. The van der Waals surface area contributed by atoms with Crippen LogP contribution in [-0.4, -0.2) is 12.1 Å². The largest absolute Gasteiger partial charge is 0.441 e. The maximum atomic E-state index is 5.77. The summed E-state index contributed by atoms with van der Waals surface area (Å²) in [6.45, 7) is 1.91. The van der Waals surface area contributed by atoms with Crippen LogP contribution in [0.25, 0.3) is 22.6 Å². The quantitative estimate of drug-likeness (QED) is 0.431. The van der Waals surface area contributed by atoms with E-state index in [1.54, 1.807) is 7.11 Å². The van der Waals surface area contributed by atoms with Gasteiger partial charge in [-0.1, -0.05) is 42.5 Å². The average molecular weight is 405 g/mol. The maximum absolute atomic E-state index is 5.77. The van der Waals surface area contributed by atoms with E-state index in [1.165, 1.54) is 11.1 Å². The molecule has 0 bridgehead atoms. The lowest BCUT2D eigenvalue weighted by molar-refractivity contribution is 0.184. The fourth-order valence-corrected chi connectivity index (χ4v) is 2.87. The number of halogens is 1. The monoisotopic (exact) mass is 405 g/mol. The Bertz CT molecular complexity index is 751. The second kappa shape index (κ2) is 6.62. The number of alkyl halides is 1. The molecular weight excluding hydrogens is 389 g/mol. The number of hydrogen-bond acceptors (Lipinski definition) is 3. The van der Waals surface area contributed by atoms with E-state index < -0.39 is 0 Å². The van der Waals surface area contributed by atoms with E-state index in [-0.39, 0.29) is 4.11 Å². The first-order chi connectivity index (χ1) is 10.7. The fourth-order valence-electron chi connectivity index (χ4n) is 2.29. The molecule has 22 heavy (non-hydrogen) atoms. The fraction of sp³-hybridized carbons (Fsp3) is 0.167. The third kappa shape index (κ3) is 3.08. The first kappa shape index (κ1) is 15.2. The molecule has 4 heteroatoms. The molecule has 1 atom stereocenters. The van der Waals surface area contributed by atoms with Crippen molar-refractivity contribution in [3.63, 3.8) is 0 Å². The third-order valence-electron chi connectivity index (χ3n) is 3.49. The van der Waals surface area contributed by atoms with Crippen LogP contribution in [0.15, 0.2) is 59.0 Å². The van der Waals surface area contributed by atoms with E-state index in [0.29, 0.717) is 5.89 Å². The lowest BCUT2D eigenvalue weighted by atomic mass is 10.0. The average Bonchev–Trinajstić information content (AvgIpc) is 2.97. The van der Waals surface area contributed by atoms with Crippen molar-refractivity contribution in [2.75, 3.05) is 7.11 Å². The van der Waals surface area contributed by atoms with Gasteiger partial charge in [0.1, 0.15) is 11.5 Å². The zero-order valence-electron chi connectivity index (χ0n) is 12.4. The first-order valence-electron chi connectivity index (χ1n) is 6.99. The Balaban J connectivity index is 1.90. The number of nitrogens with zero attached hydrogens (tertiary/aromatic N) is 1. The molecule has 0 aliphatic rings. The summed E-state index contributed by atoms with van der Waals surface area (Å²) in [4.78, 5) is 4.55. The summed E-state index contributed by atoms with van der Waals surface area (Å²) < 4.78 is 11.0. The molecule has 0 spiro atoms. The molecule has 1 unspecified atom stereocenters. The van der Waals surface area contributed by atoms with Crippen LogP contribution in [0.3, 0.4) is 0 Å². The van der Waals surface area contributed by atoms with Crippen molar-refractivity contribution >= 4 is 22.6 Å². The number of rotatable bonds is 4. The highest BCUT2D eigenvalue weighted by Crippen LogP contribution is 2.31. The lowest BCUT2D eigenvalue weighted by Gasteiger charge is -2.03. The van der Waals surface area contributed by atoms with Gasteiger partial charge >= 0.3 is 0 Å². The molecule has 0 radical (unpaired) electrons. The topological polar surface area (TPSA) is 35.3 Å². The van der Waals surface area contributed by atoms with Crippen LogP contribution in [0.2, 0.25) is 0 Å². The van der Waals surface area contributed by atoms with Gasteiger partial charge in [0.25, 0.3) is 0 Å². The lowest BCUT2D eigenvalue weighted by Crippen LogP contribution is -1.94. The van der Waals surface area contributed by atoms with Crippen LogP contribution in [0.5, 0.6) is 0 Å². The van der Waals surface area contributed by atoms with Gasteiger partial charge < -0.3 is 9.15 Å². The van der Waals surface area contributed by atoms with Crippen LogP contribution in [0.4, 0.5) is 0 Å². The Morgan fingerprint density at radius 1 is 0.955 bits per heavy atom. The minimum Gasteiger partial charge on any atom is -0.441 e. The van der Waals surface area contributed by atoms with Crippen LogP contribution < -0.4 is 0 Å². The van der Waals surface area contributed by atoms with E-state index in [9.17, 15) is 0 Å². The highest BCUT2D eigenvalue weighted by Gasteiger charge is 2.17. The summed E-state index contributed by atoms with van der Waals surface area (Å²) in [7, 11) is 1.67. The van der Waals surface area contributed by atoms with E-state index in [1.807, 2.05) is 37.3 Å². The smallest absolute Gasteiger partial charge is 0.226 e. The van der Waals surface area contributed by atoms with Crippen molar-refractivity contribution in [2.24, 2.45) is 0 Å². The van der Waals surface area contributed by atoms with Gasteiger partial charge in [-0.15, -0.1) is 0 Å². The summed E-state index contributed by atoms with van der Waals surface area (Å²) in [5, 5.41) is 0. The first-order valence-corrected chi connectivity index (χ1v) is 8.23. The Labute approximate surface area is 143 Å². The molecule has 0 aliphatic carbocycles. The SMILES string of the molecule is COC(I)c1nc(-c2ccc(-c3ccccc3)cc2)oc1C. The summed E-state index contributed by atoms with van der Waals surface area (Å²) in [6.07, 6.45) is 0. The van der Waals surface area contributed by atoms with Crippen LogP contribution in [0, 0.1) is 6.92 Å². The van der Waals surface area contributed by atoms with Crippen LogP contribution in [-0.2, 0) is 4.74 Å². The number of methoxy groups -OCH3 is 1.